The van der Waals surface area contributed by atoms with Gasteiger partial charge in [0.2, 0.25) is 0 Å². The number of carboxylic acid groups (broad SMARTS) is 1. The van der Waals surface area contributed by atoms with Gasteiger partial charge in [-0.25, -0.2) is 14.3 Å². The summed E-state index contributed by atoms with van der Waals surface area (Å²) in [4.78, 5) is 22.8. The van der Waals surface area contributed by atoms with Crippen molar-refractivity contribution in [1.82, 2.24) is 4.74 Å². The van der Waals surface area contributed by atoms with Crippen LogP contribution in [0, 0.1) is 0 Å². The summed E-state index contributed by atoms with van der Waals surface area (Å²) in [6.45, 7) is 0. The van der Waals surface area contributed by atoms with Gasteiger partial charge in [0, 0.05) is 18.7 Å². The van der Waals surface area contributed by atoms with Crippen LogP contribution in [0.5, 0.6) is 11.5 Å². The van der Waals surface area contributed by atoms with E-state index in [0.29, 0.717) is 17.1 Å². The van der Waals surface area contributed by atoms with Crippen LogP contribution in [0.1, 0.15) is 10.4 Å². The largest absolute Gasteiger partial charge is 0.497 e. The molecule has 1 N–H and O–H groups in total. The Balaban J connectivity index is 2.74. The molecule has 0 fully saturated rings. The maximum absolute atomic E-state index is 11.6. The molecule has 106 valence electrons. The molecule has 0 aliphatic heterocycles. The maximum Gasteiger partial charge on any atom is 0.372 e. The number of ether oxygens (including phenoxy) is 2. The van der Waals surface area contributed by atoms with E-state index in [1.807, 2.05) is 0 Å². The number of aromatic carboxylic acids is 1. The van der Waals surface area contributed by atoms with E-state index in [-0.39, 0.29) is 5.69 Å². The first-order valence-corrected chi connectivity index (χ1v) is 5.65. The van der Waals surface area contributed by atoms with Crippen molar-refractivity contribution in [3.05, 3.63) is 34.2 Å². The summed E-state index contributed by atoms with van der Waals surface area (Å²) in [6.07, 6.45) is 0. The summed E-state index contributed by atoms with van der Waals surface area (Å²) in [6, 6.07) is 4.83. The maximum atomic E-state index is 11.6. The molecule has 7 nitrogen and oxygen atoms in total. The lowest BCUT2D eigenvalue weighted by Crippen LogP contribution is -2.10. The molecule has 0 aliphatic rings. The number of benzene rings is 1. The average molecular weight is 279 g/mol. The highest BCUT2D eigenvalue weighted by Crippen LogP contribution is 2.30. The molecular weight excluding hydrogens is 266 g/mol. The lowest BCUT2D eigenvalue weighted by molar-refractivity contribution is 0.0695. The van der Waals surface area contributed by atoms with Crippen LogP contribution in [0.15, 0.2) is 27.5 Å². The van der Waals surface area contributed by atoms with E-state index in [0.717, 1.165) is 4.74 Å². The molecule has 1 aromatic heterocycles. The molecule has 20 heavy (non-hydrogen) atoms. The summed E-state index contributed by atoms with van der Waals surface area (Å²) in [5.41, 5.74) is -0.730. The molecule has 0 radical (unpaired) electrons. The van der Waals surface area contributed by atoms with Gasteiger partial charge in [0.1, 0.15) is 17.2 Å². The summed E-state index contributed by atoms with van der Waals surface area (Å²) in [7, 11) is 4.41. The number of nitrogens with zero attached hydrogens (tertiary/aromatic N) is 1. The van der Waals surface area contributed by atoms with Crippen molar-refractivity contribution < 1.29 is 23.9 Å². The van der Waals surface area contributed by atoms with E-state index >= 15 is 0 Å². The minimum atomic E-state index is -1.35. The van der Waals surface area contributed by atoms with E-state index < -0.39 is 17.2 Å². The van der Waals surface area contributed by atoms with Crippen LogP contribution in [0.4, 0.5) is 0 Å². The van der Waals surface area contributed by atoms with Crippen LogP contribution in [-0.4, -0.2) is 30.0 Å². The molecule has 2 aromatic rings. The molecule has 1 aromatic carbocycles. The number of carbonyl (C=O) groups is 1. The molecule has 7 heteroatoms. The van der Waals surface area contributed by atoms with Crippen LogP contribution in [-0.2, 0) is 7.05 Å². The van der Waals surface area contributed by atoms with Gasteiger partial charge in [-0.15, -0.1) is 0 Å². The third kappa shape index (κ3) is 2.25. The van der Waals surface area contributed by atoms with Crippen LogP contribution >= 0.6 is 0 Å². The van der Waals surface area contributed by atoms with Gasteiger partial charge in [-0.05, 0) is 12.1 Å². The predicted octanol–water partition coefficient (Wildman–Crippen LogP) is 1.36. The Kier molecular flexibility index (Phi) is 3.51. The number of hydrogen-bond acceptors (Lipinski definition) is 5. The minimum Gasteiger partial charge on any atom is -0.497 e. The van der Waals surface area contributed by atoms with E-state index in [1.165, 1.54) is 21.3 Å². The Morgan fingerprint density at radius 2 is 1.75 bits per heavy atom. The number of methoxy groups -OCH3 is 2. The molecule has 0 amide bonds. The lowest BCUT2D eigenvalue weighted by Gasteiger charge is -2.08. The second kappa shape index (κ2) is 5.12. The predicted molar refractivity (Wildman–Crippen MR) is 69.4 cm³/mol. The van der Waals surface area contributed by atoms with Gasteiger partial charge >= 0.3 is 11.6 Å². The topological polar surface area (TPSA) is 90.9 Å². The fourth-order valence-corrected chi connectivity index (χ4v) is 1.93. The van der Waals surface area contributed by atoms with Crippen LogP contribution in [0.3, 0.4) is 0 Å². The molecule has 0 spiro atoms. The third-order valence-corrected chi connectivity index (χ3v) is 2.81. The van der Waals surface area contributed by atoms with Gasteiger partial charge < -0.3 is 19.1 Å². The van der Waals surface area contributed by atoms with Gasteiger partial charge in [-0.3, -0.25) is 0 Å². The Bertz CT molecular complexity index is 690. The molecule has 0 atom stereocenters. The van der Waals surface area contributed by atoms with E-state index in [2.05, 4.69) is 0 Å². The highest BCUT2D eigenvalue weighted by atomic mass is 16.5. The first-order valence-electron chi connectivity index (χ1n) is 5.65. The second-order valence-electron chi connectivity index (χ2n) is 4.01. The van der Waals surface area contributed by atoms with Crippen molar-refractivity contribution in [3.63, 3.8) is 0 Å². The van der Waals surface area contributed by atoms with Crippen molar-refractivity contribution in [3.8, 4) is 22.8 Å². The SMILES string of the molecule is COc1cc(OC)cc(-c2c(C(=O)O)c(=O)on2C)c1. The molecule has 0 bridgehead atoms. The number of rotatable bonds is 4. The first kappa shape index (κ1) is 13.7. The average Bonchev–Trinajstić information content (AvgIpc) is 2.72. The Hall–Kier alpha value is -2.70. The summed E-state index contributed by atoms with van der Waals surface area (Å²) < 4.78 is 16.2. The highest BCUT2D eigenvalue weighted by Gasteiger charge is 2.24. The molecule has 0 aliphatic carbocycles. The van der Waals surface area contributed by atoms with Crippen LogP contribution in [0.25, 0.3) is 11.3 Å². The fourth-order valence-electron chi connectivity index (χ4n) is 1.93. The van der Waals surface area contributed by atoms with Crippen LogP contribution in [0.2, 0.25) is 0 Å². The smallest absolute Gasteiger partial charge is 0.372 e. The van der Waals surface area contributed by atoms with E-state index in [9.17, 15) is 9.59 Å². The van der Waals surface area contributed by atoms with E-state index in [4.69, 9.17) is 19.1 Å². The minimum absolute atomic E-state index is 0.153. The first-order chi connectivity index (χ1) is 9.47. The number of carboxylic acids is 1. The quantitative estimate of drug-likeness (QED) is 0.908. The Morgan fingerprint density at radius 1 is 1.20 bits per heavy atom. The standard InChI is InChI=1S/C13H13NO6/c1-14-11(10(12(15)16)13(17)20-14)7-4-8(18-2)6-9(5-7)19-3/h4-6H,1-3H3,(H,15,16). The zero-order chi connectivity index (χ0) is 14.9. The van der Waals surface area contributed by atoms with Crippen molar-refractivity contribution >= 4 is 5.97 Å². The Labute approximate surface area is 113 Å². The fraction of sp³-hybridized carbons (Fsp3) is 0.231. The molecule has 0 saturated carbocycles. The zero-order valence-corrected chi connectivity index (χ0v) is 11.2. The van der Waals surface area contributed by atoms with Gasteiger partial charge in [-0.2, -0.15) is 0 Å². The summed E-state index contributed by atoms with van der Waals surface area (Å²) >= 11 is 0. The lowest BCUT2D eigenvalue weighted by atomic mass is 10.1. The number of aryl methyl sites for hydroxylation is 1. The summed E-state index contributed by atoms with van der Waals surface area (Å²) in [5.74, 6) is -0.398. The molecular formula is C13H13NO6. The molecule has 2 rings (SSSR count). The van der Waals surface area contributed by atoms with Crippen LogP contribution < -0.4 is 15.1 Å². The third-order valence-electron chi connectivity index (χ3n) is 2.81. The Morgan fingerprint density at radius 3 is 2.20 bits per heavy atom. The second-order valence-corrected chi connectivity index (χ2v) is 4.01. The van der Waals surface area contributed by atoms with Crippen molar-refractivity contribution in [2.75, 3.05) is 14.2 Å². The normalized spacial score (nSPS) is 10.3. The monoisotopic (exact) mass is 279 g/mol. The van der Waals surface area contributed by atoms with Crippen molar-refractivity contribution in [2.45, 2.75) is 0 Å². The zero-order valence-electron chi connectivity index (χ0n) is 11.2. The number of aromatic nitrogens is 1. The van der Waals surface area contributed by atoms with Crippen molar-refractivity contribution in [2.24, 2.45) is 7.05 Å². The van der Waals surface area contributed by atoms with Gasteiger partial charge in [-0.1, -0.05) is 0 Å². The highest BCUT2D eigenvalue weighted by molar-refractivity contribution is 5.94. The summed E-state index contributed by atoms with van der Waals surface area (Å²) in [5, 5.41) is 9.14. The number of hydrogen-bond donors (Lipinski definition) is 1. The van der Waals surface area contributed by atoms with Gasteiger partial charge in [0.05, 0.1) is 14.2 Å². The molecule has 1 heterocycles. The van der Waals surface area contributed by atoms with Gasteiger partial charge in [0.25, 0.3) is 0 Å². The van der Waals surface area contributed by atoms with Gasteiger partial charge in [0.15, 0.2) is 5.56 Å². The van der Waals surface area contributed by atoms with E-state index in [1.54, 1.807) is 18.2 Å². The van der Waals surface area contributed by atoms with Crippen molar-refractivity contribution in [1.29, 1.82) is 0 Å². The molecule has 0 unspecified atom stereocenters. The molecule has 0 saturated heterocycles.